The maximum Gasteiger partial charge on any atom is 0.289 e. The van der Waals surface area contributed by atoms with E-state index in [0.29, 0.717) is 5.56 Å². The summed E-state index contributed by atoms with van der Waals surface area (Å²) in [5, 5.41) is 11.3. The standard InChI is InChI=1S/C16H19N3O4S.ClH/c1-13-6-5-9-15(19(20)21)16(13)24(22,23)18(11-10-17)12-14-7-3-2-4-8-14;/h2-9H,10-12,17H2,1H3;1H. The minimum Gasteiger partial charge on any atom is -0.329 e. The lowest BCUT2D eigenvalue weighted by molar-refractivity contribution is -0.387. The van der Waals surface area contributed by atoms with Crippen LogP contribution in [0.5, 0.6) is 0 Å². The van der Waals surface area contributed by atoms with Gasteiger partial charge in [0.1, 0.15) is 0 Å². The minimum atomic E-state index is -4.06. The number of nitro benzene ring substituents is 1. The Kier molecular flexibility index (Phi) is 7.50. The van der Waals surface area contributed by atoms with E-state index in [1.807, 2.05) is 6.07 Å². The molecule has 0 unspecified atom stereocenters. The fraction of sp³-hybridized carbons (Fsp3) is 0.250. The second-order valence-corrected chi connectivity index (χ2v) is 7.17. The lowest BCUT2D eigenvalue weighted by Gasteiger charge is -2.22. The number of nitrogens with zero attached hydrogens (tertiary/aromatic N) is 2. The van der Waals surface area contributed by atoms with Crippen molar-refractivity contribution in [2.75, 3.05) is 13.1 Å². The molecule has 0 heterocycles. The highest BCUT2D eigenvalue weighted by Crippen LogP contribution is 2.30. The summed E-state index contributed by atoms with van der Waals surface area (Å²) in [6, 6.07) is 13.2. The SMILES string of the molecule is Cc1cccc([N+](=O)[O-])c1S(=O)(=O)N(CCN)Cc1ccccc1.Cl. The summed E-state index contributed by atoms with van der Waals surface area (Å²) in [5.74, 6) is 0. The predicted molar refractivity (Wildman–Crippen MR) is 98.2 cm³/mol. The Morgan fingerprint density at radius 2 is 1.76 bits per heavy atom. The van der Waals surface area contributed by atoms with Crippen LogP contribution in [0, 0.1) is 17.0 Å². The van der Waals surface area contributed by atoms with Gasteiger partial charge < -0.3 is 5.73 Å². The predicted octanol–water partition coefficient (Wildman–Crippen LogP) is 2.47. The van der Waals surface area contributed by atoms with Crippen molar-refractivity contribution >= 4 is 28.1 Å². The Hall–Kier alpha value is -2.00. The van der Waals surface area contributed by atoms with Gasteiger partial charge in [0.15, 0.2) is 4.90 Å². The highest BCUT2D eigenvalue weighted by atomic mass is 35.5. The smallest absolute Gasteiger partial charge is 0.289 e. The van der Waals surface area contributed by atoms with E-state index in [-0.39, 0.29) is 36.9 Å². The molecule has 0 aliphatic heterocycles. The normalized spacial score (nSPS) is 11.2. The maximum atomic E-state index is 13.0. The number of hydrogen-bond donors (Lipinski definition) is 1. The van der Waals surface area contributed by atoms with Crippen molar-refractivity contribution in [1.29, 1.82) is 0 Å². The summed E-state index contributed by atoms with van der Waals surface area (Å²) in [5.41, 5.74) is 6.24. The largest absolute Gasteiger partial charge is 0.329 e. The van der Waals surface area contributed by atoms with E-state index in [2.05, 4.69) is 0 Å². The Morgan fingerprint density at radius 1 is 1.12 bits per heavy atom. The Bertz CT molecular complexity index is 829. The molecule has 2 rings (SSSR count). The second kappa shape index (κ2) is 8.91. The zero-order valence-electron chi connectivity index (χ0n) is 13.7. The highest BCUT2D eigenvalue weighted by Gasteiger charge is 2.33. The number of nitrogens with two attached hydrogens (primary N) is 1. The van der Waals surface area contributed by atoms with Crippen molar-refractivity contribution in [3.63, 3.8) is 0 Å². The molecule has 0 aromatic heterocycles. The number of hydrogen-bond acceptors (Lipinski definition) is 5. The van der Waals surface area contributed by atoms with Gasteiger partial charge in [-0.05, 0) is 18.1 Å². The maximum absolute atomic E-state index is 13.0. The summed E-state index contributed by atoms with van der Waals surface area (Å²) >= 11 is 0. The van der Waals surface area contributed by atoms with Gasteiger partial charge in [0.05, 0.1) is 4.92 Å². The molecule has 0 saturated heterocycles. The van der Waals surface area contributed by atoms with E-state index in [4.69, 9.17) is 5.73 Å². The van der Waals surface area contributed by atoms with Gasteiger partial charge in [-0.2, -0.15) is 4.31 Å². The van der Waals surface area contributed by atoms with Gasteiger partial charge in [0, 0.05) is 25.7 Å². The first kappa shape index (κ1) is 21.0. The molecule has 0 aliphatic rings. The Morgan fingerprint density at radius 3 is 2.32 bits per heavy atom. The van der Waals surface area contributed by atoms with E-state index < -0.39 is 20.6 Å². The first-order chi connectivity index (χ1) is 11.4. The van der Waals surface area contributed by atoms with Gasteiger partial charge >= 0.3 is 0 Å². The van der Waals surface area contributed by atoms with Crippen LogP contribution in [0.4, 0.5) is 5.69 Å². The molecule has 0 fully saturated rings. The van der Waals surface area contributed by atoms with Crippen molar-refractivity contribution in [3.05, 3.63) is 69.8 Å². The third-order valence-electron chi connectivity index (χ3n) is 3.57. The van der Waals surface area contributed by atoms with Crippen molar-refractivity contribution < 1.29 is 13.3 Å². The third kappa shape index (κ3) is 4.76. The molecule has 0 atom stereocenters. The number of sulfonamides is 1. The lowest BCUT2D eigenvalue weighted by Crippen LogP contribution is -2.35. The van der Waals surface area contributed by atoms with E-state index in [1.54, 1.807) is 37.3 Å². The summed E-state index contributed by atoms with van der Waals surface area (Å²) in [6.07, 6.45) is 0. The highest BCUT2D eigenvalue weighted by molar-refractivity contribution is 7.89. The molecule has 0 spiro atoms. The fourth-order valence-corrected chi connectivity index (χ4v) is 4.27. The lowest BCUT2D eigenvalue weighted by atomic mass is 10.2. The van der Waals surface area contributed by atoms with Crippen LogP contribution in [0.3, 0.4) is 0 Å². The van der Waals surface area contributed by atoms with Crippen LogP contribution in [0.1, 0.15) is 11.1 Å². The molecule has 0 saturated carbocycles. The van der Waals surface area contributed by atoms with Crippen LogP contribution < -0.4 is 5.73 Å². The van der Waals surface area contributed by atoms with Gasteiger partial charge in [0.25, 0.3) is 15.7 Å². The van der Waals surface area contributed by atoms with E-state index in [9.17, 15) is 18.5 Å². The minimum absolute atomic E-state index is 0. The molecule has 0 amide bonds. The van der Waals surface area contributed by atoms with Gasteiger partial charge in [-0.25, -0.2) is 8.42 Å². The Balaban J connectivity index is 0.00000312. The molecule has 2 aromatic carbocycles. The van der Waals surface area contributed by atoms with Crippen LogP contribution in [0.2, 0.25) is 0 Å². The fourth-order valence-electron chi connectivity index (χ4n) is 2.46. The quantitative estimate of drug-likeness (QED) is 0.582. The zero-order chi connectivity index (χ0) is 17.7. The van der Waals surface area contributed by atoms with Crippen LogP contribution in [0.25, 0.3) is 0 Å². The number of rotatable bonds is 7. The monoisotopic (exact) mass is 385 g/mol. The molecule has 2 aromatic rings. The van der Waals surface area contributed by atoms with E-state index in [0.717, 1.165) is 5.56 Å². The molecule has 0 bridgehead atoms. The van der Waals surface area contributed by atoms with Crippen LogP contribution in [-0.4, -0.2) is 30.7 Å². The molecule has 2 N–H and O–H groups in total. The molecule has 0 aliphatic carbocycles. The molecule has 136 valence electrons. The second-order valence-electron chi connectivity index (χ2n) is 5.29. The van der Waals surface area contributed by atoms with Gasteiger partial charge in [-0.3, -0.25) is 10.1 Å². The number of benzene rings is 2. The average Bonchev–Trinajstić information content (AvgIpc) is 2.55. The summed E-state index contributed by atoms with van der Waals surface area (Å²) in [4.78, 5) is 10.3. The van der Waals surface area contributed by atoms with E-state index in [1.165, 1.54) is 16.4 Å². The van der Waals surface area contributed by atoms with E-state index >= 15 is 0 Å². The van der Waals surface area contributed by atoms with Crippen molar-refractivity contribution in [2.24, 2.45) is 5.73 Å². The van der Waals surface area contributed by atoms with Crippen LogP contribution >= 0.6 is 12.4 Å². The summed E-state index contributed by atoms with van der Waals surface area (Å²) < 4.78 is 27.3. The molecular weight excluding hydrogens is 366 g/mol. The molecule has 25 heavy (non-hydrogen) atoms. The van der Waals surface area contributed by atoms with Crippen molar-refractivity contribution in [1.82, 2.24) is 4.31 Å². The van der Waals surface area contributed by atoms with Crippen molar-refractivity contribution in [3.8, 4) is 0 Å². The third-order valence-corrected chi connectivity index (χ3v) is 5.60. The molecule has 7 nitrogen and oxygen atoms in total. The molecule has 9 heteroatoms. The van der Waals surface area contributed by atoms with Gasteiger partial charge in [-0.1, -0.05) is 42.5 Å². The zero-order valence-corrected chi connectivity index (χ0v) is 15.3. The first-order valence-electron chi connectivity index (χ1n) is 7.36. The summed E-state index contributed by atoms with van der Waals surface area (Å²) in [6.45, 7) is 1.84. The Labute approximate surface area is 153 Å². The van der Waals surface area contributed by atoms with Gasteiger partial charge in [0.2, 0.25) is 0 Å². The number of aryl methyl sites for hydroxylation is 1. The van der Waals surface area contributed by atoms with Crippen LogP contribution in [-0.2, 0) is 16.6 Å². The average molecular weight is 386 g/mol. The molecular formula is C16H20ClN3O4S. The first-order valence-corrected chi connectivity index (χ1v) is 8.80. The number of halogens is 1. The summed E-state index contributed by atoms with van der Waals surface area (Å²) in [7, 11) is -4.06. The van der Waals surface area contributed by atoms with Gasteiger partial charge in [-0.15, -0.1) is 12.4 Å². The van der Waals surface area contributed by atoms with Crippen molar-refractivity contribution in [2.45, 2.75) is 18.4 Å². The van der Waals surface area contributed by atoms with Crippen LogP contribution in [0.15, 0.2) is 53.4 Å². The number of nitro groups is 1. The topological polar surface area (TPSA) is 107 Å². The molecule has 0 radical (unpaired) electrons.